The molecule has 0 spiro atoms. The number of aryl methyl sites for hydroxylation is 1. The second-order valence-corrected chi connectivity index (χ2v) is 6.84. The van der Waals surface area contributed by atoms with Gasteiger partial charge in [0.2, 0.25) is 0 Å². The van der Waals surface area contributed by atoms with Gasteiger partial charge in [0.1, 0.15) is 11.3 Å². The Hall–Kier alpha value is -4.19. The molecule has 0 bridgehead atoms. The van der Waals surface area contributed by atoms with E-state index in [4.69, 9.17) is 0 Å². The summed E-state index contributed by atoms with van der Waals surface area (Å²) in [5, 5.41) is 19.1. The van der Waals surface area contributed by atoms with Crippen molar-refractivity contribution < 1.29 is 9.90 Å². The monoisotopic (exact) mass is 397 g/mol. The maximum atomic E-state index is 13.2. The Morgan fingerprint density at radius 2 is 1.57 bits per heavy atom. The zero-order valence-corrected chi connectivity index (χ0v) is 16.2. The molecule has 0 fully saturated rings. The van der Waals surface area contributed by atoms with Crippen LogP contribution in [0.5, 0.6) is 5.75 Å². The highest BCUT2D eigenvalue weighted by Crippen LogP contribution is 2.32. The summed E-state index contributed by atoms with van der Waals surface area (Å²) in [4.78, 5) is 26.0. The van der Waals surface area contributed by atoms with Crippen LogP contribution in [0.25, 0.3) is 22.4 Å². The summed E-state index contributed by atoms with van der Waals surface area (Å²) < 4.78 is 0. The maximum Gasteiger partial charge on any atom is 0.277 e. The predicted octanol–water partition coefficient (Wildman–Crippen LogP) is 4.37. The number of aromatic hydroxyl groups is 1. The van der Waals surface area contributed by atoms with Gasteiger partial charge in [-0.2, -0.15) is 5.10 Å². The van der Waals surface area contributed by atoms with Crippen molar-refractivity contribution in [1.82, 2.24) is 10.2 Å². The van der Waals surface area contributed by atoms with Crippen molar-refractivity contribution in [3.63, 3.8) is 0 Å². The Bertz CT molecular complexity index is 1270. The van der Waals surface area contributed by atoms with Crippen LogP contribution in [0.3, 0.4) is 0 Å². The number of carbonyl (C=O) groups is 1. The van der Waals surface area contributed by atoms with Crippen LogP contribution in [-0.4, -0.2) is 21.2 Å². The smallest absolute Gasteiger partial charge is 0.277 e. The molecule has 3 aromatic carbocycles. The van der Waals surface area contributed by atoms with E-state index in [1.165, 1.54) is 6.07 Å². The van der Waals surface area contributed by atoms with Crippen LogP contribution in [0.2, 0.25) is 0 Å². The van der Waals surface area contributed by atoms with Gasteiger partial charge in [0.15, 0.2) is 0 Å². The summed E-state index contributed by atoms with van der Waals surface area (Å²) in [6.07, 6.45) is 0. The number of benzene rings is 3. The highest BCUT2D eigenvalue weighted by atomic mass is 16.3. The number of aromatic amines is 1. The van der Waals surface area contributed by atoms with Crippen LogP contribution in [0.1, 0.15) is 15.9 Å². The van der Waals surface area contributed by atoms with Gasteiger partial charge in [-0.1, -0.05) is 60.7 Å². The SMILES string of the molecule is Cc1cc(O)ccc1NC(=O)c1c(-c2ccccc2)c(-c2ccccc2)n[nH]c1=O. The lowest BCUT2D eigenvalue weighted by Gasteiger charge is -2.14. The van der Waals surface area contributed by atoms with Crippen LogP contribution >= 0.6 is 0 Å². The largest absolute Gasteiger partial charge is 0.508 e. The Kier molecular flexibility index (Phi) is 5.13. The summed E-state index contributed by atoms with van der Waals surface area (Å²) in [6, 6.07) is 23.2. The van der Waals surface area contributed by atoms with E-state index in [1.54, 1.807) is 19.1 Å². The maximum absolute atomic E-state index is 13.2. The van der Waals surface area contributed by atoms with E-state index < -0.39 is 11.5 Å². The number of nitrogens with one attached hydrogen (secondary N) is 2. The molecule has 0 atom stereocenters. The molecule has 6 nitrogen and oxygen atoms in total. The minimum Gasteiger partial charge on any atom is -0.508 e. The zero-order valence-electron chi connectivity index (χ0n) is 16.2. The number of aromatic nitrogens is 2. The van der Waals surface area contributed by atoms with Gasteiger partial charge in [0.05, 0.1) is 5.69 Å². The molecule has 30 heavy (non-hydrogen) atoms. The summed E-state index contributed by atoms with van der Waals surface area (Å²) in [7, 11) is 0. The van der Waals surface area contributed by atoms with Crippen LogP contribution in [0.15, 0.2) is 83.7 Å². The van der Waals surface area contributed by atoms with Gasteiger partial charge < -0.3 is 10.4 Å². The fraction of sp³-hybridized carbons (Fsp3) is 0.0417. The first-order chi connectivity index (χ1) is 14.5. The number of hydrogen-bond donors (Lipinski definition) is 3. The Balaban J connectivity index is 1.90. The third-order valence-corrected chi connectivity index (χ3v) is 4.78. The molecule has 0 aliphatic heterocycles. The van der Waals surface area contributed by atoms with E-state index in [0.29, 0.717) is 28.1 Å². The zero-order chi connectivity index (χ0) is 21.1. The molecule has 4 rings (SSSR count). The molecule has 0 saturated heterocycles. The number of nitrogens with zero attached hydrogens (tertiary/aromatic N) is 1. The molecule has 0 aliphatic carbocycles. The second kappa shape index (κ2) is 8.05. The number of rotatable bonds is 4. The molecule has 4 aromatic rings. The predicted molar refractivity (Wildman–Crippen MR) is 117 cm³/mol. The van der Waals surface area contributed by atoms with Crippen molar-refractivity contribution >= 4 is 11.6 Å². The number of amides is 1. The number of carbonyl (C=O) groups excluding carboxylic acids is 1. The first kappa shape index (κ1) is 19.1. The molecule has 0 saturated carbocycles. The molecule has 148 valence electrons. The number of H-pyrrole nitrogens is 1. The number of anilines is 1. The fourth-order valence-electron chi connectivity index (χ4n) is 3.33. The quantitative estimate of drug-likeness (QED) is 0.446. The average Bonchev–Trinajstić information content (AvgIpc) is 2.76. The third kappa shape index (κ3) is 3.71. The minimum absolute atomic E-state index is 0.0254. The van der Waals surface area contributed by atoms with Gasteiger partial charge >= 0.3 is 0 Å². The lowest BCUT2D eigenvalue weighted by Crippen LogP contribution is -2.26. The Morgan fingerprint density at radius 1 is 0.933 bits per heavy atom. The van der Waals surface area contributed by atoms with Crippen molar-refractivity contribution in [3.8, 4) is 28.1 Å². The average molecular weight is 397 g/mol. The fourth-order valence-corrected chi connectivity index (χ4v) is 3.33. The summed E-state index contributed by atoms with van der Waals surface area (Å²) in [6.45, 7) is 1.76. The number of hydrogen-bond acceptors (Lipinski definition) is 4. The van der Waals surface area contributed by atoms with Crippen molar-refractivity contribution in [3.05, 3.63) is 100 Å². The van der Waals surface area contributed by atoms with Crippen molar-refractivity contribution in [2.75, 3.05) is 5.32 Å². The molecule has 1 amide bonds. The summed E-state index contributed by atoms with van der Waals surface area (Å²) in [5.74, 6) is -0.452. The van der Waals surface area contributed by atoms with Gasteiger partial charge in [0, 0.05) is 16.8 Å². The molecule has 0 unspecified atom stereocenters. The van der Waals surface area contributed by atoms with Gasteiger partial charge in [-0.15, -0.1) is 0 Å². The Labute approximate surface area is 172 Å². The highest BCUT2D eigenvalue weighted by molar-refractivity contribution is 6.10. The van der Waals surface area contributed by atoms with Crippen molar-refractivity contribution in [2.45, 2.75) is 6.92 Å². The van der Waals surface area contributed by atoms with Crippen LogP contribution in [-0.2, 0) is 0 Å². The lowest BCUT2D eigenvalue weighted by atomic mass is 9.95. The van der Waals surface area contributed by atoms with Gasteiger partial charge in [-0.05, 0) is 36.2 Å². The van der Waals surface area contributed by atoms with Crippen molar-refractivity contribution in [2.24, 2.45) is 0 Å². The van der Waals surface area contributed by atoms with Gasteiger partial charge in [-0.25, -0.2) is 5.10 Å². The standard InChI is InChI=1S/C24H19N3O3/c1-15-14-18(28)12-13-19(15)25-23(29)21-20(16-8-4-2-5-9-16)22(26-27-24(21)30)17-10-6-3-7-11-17/h2-14,28H,1H3,(H,25,29)(H,27,30). The Morgan fingerprint density at radius 3 is 2.20 bits per heavy atom. The number of phenols is 1. The lowest BCUT2D eigenvalue weighted by molar-refractivity contribution is 0.102. The molecule has 1 heterocycles. The van der Waals surface area contributed by atoms with Crippen LogP contribution in [0, 0.1) is 6.92 Å². The topological polar surface area (TPSA) is 95.1 Å². The first-order valence-electron chi connectivity index (χ1n) is 9.39. The first-order valence-corrected chi connectivity index (χ1v) is 9.39. The highest BCUT2D eigenvalue weighted by Gasteiger charge is 2.23. The minimum atomic E-state index is -0.581. The molecule has 6 heteroatoms. The van der Waals surface area contributed by atoms with Gasteiger partial charge in [0.25, 0.3) is 11.5 Å². The van der Waals surface area contributed by atoms with Crippen LogP contribution < -0.4 is 10.9 Å². The normalized spacial score (nSPS) is 10.6. The molecular formula is C24H19N3O3. The summed E-state index contributed by atoms with van der Waals surface area (Å²) >= 11 is 0. The molecule has 1 aromatic heterocycles. The summed E-state index contributed by atoms with van der Waals surface area (Å²) in [5.41, 5.74) is 3.04. The van der Waals surface area contributed by atoms with E-state index >= 15 is 0 Å². The van der Waals surface area contributed by atoms with Crippen LogP contribution in [0.4, 0.5) is 5.69 Å². The van der Waals surface area contributed by atoms with E-state index in [-0.39, 0.29) is 11.3 Å². The molecular weight excluding hydrogens is 378 g/mol. The molecule has 0 radical (unpaired) electrons. The van der Waals surface area contributed by atoms with E-state index in [9.17, 15) is 14.7 Å². The van der Waals surface area contributed by atoms with Gasteiger partial charge in [-0.3, -0.25) is 9.59 Å². The molecule has 3 N–H and O–H groups in total. The van der Waals surface area contributed by atoms with Crippen molar-refractivity contribution in [1.29, 1.82) is 0 Å². The van der Waals surface area contributed by atoms with E-state index in [1.807, 2.05) is 60.7 Å². The molecule has 0 aliphatic rings. The third-order valence-electron chi connectivity index (χ3n) is 4.78. The van der Waals surface area contributed by atoms with E-state index in [0.717, 1.165) is 5.56 Å². The second-order valence-electron chi connectivity index (χ2n) is 6.84. The number of phenolic OH excluding ortho intramolecular Hbond substituents is 1. The van der Waals surface area contributed by atoms with E-state index in [2.05, 4.69) is 15.5 Å².